The van der Waals surface area contributed by atoms with Crippen molar-refractivity contribution >= 4 is 12.1 Å². The van der Waals surface area contributed by atoms with Gasteiger partial charge in [0, 0.05) is 33.4 Å². The lowest BCUT2D eigenvalue weighted by Crippen LogP contribution is -2.44. The van der Waals surface area contributed by atoms with E-state index in [1.807, 2.05) is 0 Å². The topological polar surface area (TPSA) is 94.1 Å². The molecule has 20 heavy (non-hydrogen) atoms. The smallest absolute Gasteiger partial charge is 0.408 e. The number of carboxylic acid groups (broad SMARTS) is 1. The third-order valence-corrected chi connectivity index (χ3v) is 2.18. The average molecular weight is 291 g/mol. The van der Waals surface area contributed by atoms with E-state index in [1.54, 1.807) is 27.9 Å². The second kappa shape index (κ2) is 9.55. The molecule has 0 radical (unpaired) electrons. The Kier molecular flexibility index (Phi) is 8.91. The zero-order chi connectivity index (χ0) is 15.6. The van der Waals surface area contributed by atoms with Crippen LogP contribution in [0.1, 0.15) is 33.6 Å². The van der Waals surface area contributed by atoms with Crippen molar-refractivity contribution in [2.75, 3.05) is 26.9 Å². The van der Waals surface area contributed by atoms with Gasteiger partial charge in [-0.25, -0.2) is 9.59 Å². The molecule has 0 rings (SSSR count). The van der Waals surface area contributed by atoms with Gasteiger partial charge in [0.2, 0.25) is 0 Å². The van der Waals surface area contributed by atoms with Gasteiger partial charge in [-0.3, -0.25) is 0 Å². The van der Waals surface area contributed by atoms with Gasteiger partial charge < -0.3 is 24.6 Å². The summed E-state index contributed by atoms with van der Waals surface area (Å²) in [5, 5.41) is 11.3. The van der Waals surface area contributed by atoms with Crippen molar-refractivity contribution in [2.45, 2.75) is 45.3 Å². The number of nitrogens with one attached hydrogen (secondary N) is 1. The molecule has 0 fully saturated rings. The summed E-state index contributed by atoms with van der Waals surface area (Å²) in [6.45, 7) is 6.46. The van der Waals surface area contributed by atoms with Crippen molar-refractivity contribution < 1.29 is 28.9 Å². The molecule has 1 amide bonds. The highest BCUT2D eigenvalue weighted by Crippen LogP contribution is 2.07. The van der Waals surface area contributed by atoms with Crippen molar-refractivity contribution in [3.05, 3.63) is 0 Å². The van der Waals surface area contributed by atoms with Gasteiger partial charge in [-0.2, -0.15) is 0 Å². The standard InChI is InChI=1S/C13H25NO6/c1-13(2,3)20-12(17)14-10(11(15)16)6-9-19-8-5-7-18-4/h10H,5-9H2,1-4H3,(H,14,17)(H,15,16). The quantitative estimate of drug-likeness (QED) is 0.624. The Labute approximate surface area is 119 Å². The summed E-state index contributed by atoms with van der Waals surface area (Å²) in [4.78, 5) is 22.5. The first-order valence-electron chi connectivity index (χ1n) is 6.55. The van der Waals surface area contributed by atoms with Crippen molar-refractivity contribution in [3.63, 3.8) is 0 Å². The molecule has 1 unspecified atom stereocenters. The van der Waals surface area contributed by atoms with Crippen LogP contribution in [0.15, 0.2) is 0 Å². The van der Waals surface area contributed by atoms with E-state index in [-0.39, 0.29) is 13.0 Å². The van der Waals surface area contributed by atoms with Crippen LogP contribution in [0.4, 0.5) is 4.79 Å². The molecule has 0 saturated heterocycles. The normalized spacial score (nSPS) is 12.8. The maximum Gasteiger partial charge on any atom is 0.408 e. The number of amides is 1. The van der Waals surface area contributed by atoms with Crippen LogP contribution >= 0.6 is 0 Å². The van der Waals surface area contributed by atoms with E-state index in [0.29, 0.717) is 13.2 Å². The van der Waals surface area contributed by atoms with Gasteiger partial charge in [0.1, 0.15) is 11.6 Å². The summed E-state index contributed by atoms with van der Waals surface area (Å²) in [6.07, 6.45) is 0.180. The van der Waals surface area contributed by atoms with E-state index in [9.17, 15) is 9.59 Å². The van der Waals surface area contributed by atoms with Gasteiger partial charge in [-0.05, 0) is 27.2 Å². The number of rotatable bonds is 9. The summed E-state index contributed by atoms with van der Waals surface area (Å²) in [7, 11) is 1.60. The minimum Gasteiger partial charge on any atom is -0.480 e. The molecule has 0 aliphatic heterocycles. The first kappa shape index (κ1) is 18.7. The second-order valence-corrected chi connectivity index (χ2v) is 5.28. The Morgan fingerprint density at radius 1 is 1.20 bits per heavy atom. The maximum atomic E-state index is 11.5. The highest BCUT2D eigenvalue weighted by Gasteiger charge is 2.23. The number of aliphatic carboxylic acids is 1. The molecular formula is C13H25NO6. The van der Waals surface area contributed by atoms with Gasteiger partial charge in [0.15, 0.2) is 0 Å². The summed E-state index contributed by atoms with van der Waals surface area (Å²) >= 11 is 0. The molecule has 7 heteroatoms. The van der Waals surface area contributed by atoms with Crippen LogP contribution in [0.2, 0.25) is 0 Å². The molecule has 0 aromatic heterocycles. The second-order valence-electron chi connectivity index (χ2n) is 5.28. The molecule has 0 aromatic carbocycles. The predicted molar refractivity (Wildman–Crippen MR) is 72.7 cm³/mol. The van der Waals surface area contributed by atoms with E-state index in [1.165, 1.54) is 0 Å². The number of carbonyl (C=O) groups is 2. The highest BCUT2D eigenvalue weighted by molar-refractivity contribution is 5.79. The molecule has 1 atom stereocenters. The molecule has 118 valence electrons. The van der Waals surface area contributed by atoms with Crippen molar-refractivity contribution in [3.8, 4) is 0 Å². The lowest BCUT2D eigenvalue weighted by Gasteiger charge is -2.22. The van der Waals surface area contributed by atoms with Gasteiger partial charge in [-0.1, -0.05) is 0 Å². The van der Waals surface area contributed by atoms with Crippen LogP contribution in [-0.2, 0) is 19.0 Å². The number of ether oxygens (including phenoxy) is 3. The van der Waals surface area contributed by atoms with Gasteiger partial charge in [0.05, 0.1) is 0 Å². The Hall–Kier alpha value is -1.34. The molecule has 0 aliphatic carbocycles. The zero-order valence-electron chi connectivity index (χ0n) is 12.6. The molecule has 0 aromatic rings. The van der Waals surface area contributed by atoms with Crippen LogP contribution in [0.5, 0.6) is 0 Å². The van der Waals surface area contributed by atoms with Crippen LogP contribution < -0.4 is 5.32 Å². The Morgan fingerprint density at radius 3 is 2.35 bits per heavy atom. The van der Waals surface area contributed by atoms with Crippen molar-refractivity contribution in [1.29, 1.82) is 0 Å². The maximum absolute atomic E-state index is 11.5. The number of alkyl carbamates (subject to hydrolysis) is 1. The van der Waals surface area contributed by atoms with E-state index >= 15 is 0 Å². The molecule has 2 N–H and O–H groups in total. The fraction of sp³-hybridized carbons (Fsp3) is 0.846. The van der Waals surface area contributed by atoms with E-state index in [2.05, 4.69) is 5.32 Å². The average Bonchev–Trinajstić information content (AvgIpc) is 2.29. The van der Waals surface area contributed by atoms with Gasteiger partial charge in [-0.15, -0.1) is 0 Å². The van der Waals surface area contributed by atoms with Crippen LogP contribution in [0.25, 0.3) is 0 Å². The van der Waals surface area contributed by atoms with Crippen LogP contribution in [0.3, 0.4) is 0 Å². The summed E-state index contributed by atoms with van der Waals surface area (Å²) < 4.78 is 15.1. The Morgan fingerprint density at radius 2 is 1.85 bits per heavy atom. The minimum absolute atomic E-state index is 0.182. The molecule has 0 spiro atoms. The van der Waals surface area contributed by atoms with Gasteiger partial charge in [0.25, 0.3) is 0 Å². The molecule has 0 heterocycles. The van der Waals surface area contributed by atoms with Crippen LogP contribution in [0, 0.1) is 0 Å². The Bertz CT molecular complexity index is 300. The number of carboxylic acids is 1. The monoisotopic (exact) mass is 291 g/mol. The fourth-order valence-corrected chi connectivity index (χ4v) is 1.32. The van der Waals surface area contributed by atoms with Crippen molar-refractivity contribution in [2.24, 2.45) is 0 Å². The number of hydrogen-bond donors (Lipinski definition) is 2. The molecule has 7 nitrogen and oxygen atoms in total. The Balaban J connectivity index is 3.99. The van der Waals surface area contributed by atoms with Gasteiger partial charge >= 0.3 is 12.1 Å². The zero-order valence-corrected chi connectivity index (χ0v) is 12.6. The van der Waals surface area contributed by atoms with Crippen LogP contribution in [-0.4, -0.2) is 55.7 Å². The number of hydrogen-bond acceptors (Lipinski definition) is 5. The molecule has 0 bridgehead atoms. The lowest BCUT2D eigenvalue weighted by molar-refractivity contribution is -0.140. The first-order valence-corrected chi connectivity index (χ1v) is 6.55. The largest absolute Gasteiger partial charge is 0.480 e. The predicted octanol–water partition coefficient (Wildman–Crippen LogP) is 1.41. The first-order chi connectivity index (χ1) is 9.26. The third-order valence-electron chi connectivity index (χ3n) is 2.18. The molecule has 0 saturated carbocycles. The molecular weight excluding hydrogens is 266 g/mol. The molecule has 0 aliphatic rings. The number of methoxy groups -OCH3 is 1. The number of carbonyl (C=O) groups excluding carboxylic acids is 1. The summed E-state index contributed by atoms with van der Waals surface area (Å²) in [6, 6.07) is -1.02. The van der Waals surface area contributed by atoms with Crippen molar-refractivity contribution in [1.82, 2.24) is 5.32 Å². The van der Waals surface area contributed by atoms with E-state index in [4.69, 9.17) is 19.3 Å². The lowest BCUT2D eigenvalue weighted by atomic mass is 10.2. The third kappa shape index (κ3) is 10.6. The fourth-order valence-electron chi connectivity index (χ4n) is 1.32. The summed E-state index contributed by atoms with van der Waals surface area (Å²) in [5.74, 6) is -1.11. The van der Waals surface area contributed by atoms with E-state index < -0.39 is 23.7 Å². The van der Waals surface area contributed by atoms with E-state index in [0.717, 1.165) is 6.42 Å². The highest BCUT2D eigenvalue weighted by atomic mass is 16.6. The minimum atomic E-state index is -1.11. The SMILES string of the molecule is COCCCOCCC(NC(=O)OC(C)(C)C)C(=O)O. The summed E-state index contributed by atoms with van der Waals surface area (Å²) in [5.41, 5.74) is -0.663.